The zero-order chi connectivity index (χ0) is 20.0. The SMILES string of the molecule is CC(C)OC(=O)c1ccc2ccc3c4ccc5c(c4ccc3c2c1)=CC=CNC=5. The minimum atomic E-state index is -0.283. The van der Waals surface area contributed by atoms with Gasteiger partial charge < -0.3 is 10.1 Å². The molecule has 29 heavy (non-hydrogen) atoms. The van der Waals surface area contributed by atoms with Crippen molar-refractivity contribution in [3.05, 3.63) is 82.9 Å². The number of ether oxygens (including phenoxy) is 1. The van der Waals surface area contributed by atoms with E-state index >= 15 is 0 Å². The van der Waals surface area contributed by atoms with Gasteiger partial charge in [0, 0.05) is 12.4 Å². The van der Waals surface area contributed by atoms with Crippen LogP contribution in [0.4, 0.5) is 0 Å². The first-order chi connectivity index (χ1) is 14.1. The highest BCUT2D eigenvalue weighted by atomic mass is 16.5. The summed E-state index contributed by atoms with van der Waals surface area (Å²) < 4.78 is 5.38. The molecule has 1 aliphatic heterocycles. The quantitative estimate of drug-likeness (QED) is 0.416. The number of nitrogens with one attached hydrogen (secondary N) is 1. The number of carbonyl (C=O) groups is 1. The van der Waals surface area contributed by atoms with Gasteiger partial charge in [-0.15, -0.1) is 0 Å². The summed E-state index contributed by atoms with van der Waals surface area (Å²) in [5, 5.41) is 12.5. The van der Waals surface area contributed by atoms with Gasteiger partial charge in [-0.25, -0.2) is 4.79 Å². The average molecular weight is 379 g/mol. The topological polar surface area (TPSA) is 38.3 Å². The molecule has 4 aromatic carbocycles. The highest BCUT2D eigenvalue weighted by Crippen LogP contribution is 2.30. The lowest BCUT2D eigenvalue weighted by Gasteiger charge is -2.11. The van der Waals surface area contributed by atoms with Crippen molar-refractivity contribution in [1.82, 2.24) is 5.32 Å². The molecule has 5 rings (SSSR count). The molecule has 0 aliphatic carbocycles. The first-order valence-electron chi connectivity index (χ1n) is 9.84. The molecule has 0 spiro atoms. The molecular weight excluding hydrogens is 358 g/mol. The molecule has 3 nitrogen and oxygen atoms in total. The standard InChI is InChI=1S/C26H21NO2/c1-16(2)29-26(28)18-6-5-17-7-9-23-22-10-8-19-15-27-13-3-4-20(19)21(22)11-12-24(23)25(17)14-18/h3-16,27H,1-2H3. The van der Waals surface area contributed by atoms with Gasteiger partial charge in [0.25, 0.3) is 0 Å². The molecule has 0 atom stereocenters. The predicted molar refractivity (Wildman–Crippen MR) is 120 cm³/mol. The number of carbonyl (C=O) groups excluding carboxylic acids is 1. The van der Waals surface area contributed by atoms with E-state index in [-0.39, 0.29) is 12.1 Å². The molecule has 142 valence electrons. The Morgan fingerprint density at radius 3 is 2.41 bits per heavy atom. The Morgan fingerprint density at radius 1 is 0.862 bits per heavy atom. The van der Waals surface area contributed by atoms with Crippen LogP contribution >= 0.6 is 0 Å². The monoisotopic (exact) mass is 379 g/mol. The number of hydrogen-bond acceptors (Lipinski definition) is 3. The van der Waals surface area contributed by atoms with Crippen LogP contribution in [0.3, 0.4) is 0 Å². The molecule has 0 unspecified atom stereocenters. The lowest BCUT2D eigenvalue weighted by molar-refractivity contribution is 0.0378. The van der Waals surface area contributed by atoms with E-state index in [9.17, 15) is 4.79 Å². The normalized spacial score (nSPS) is 12.9. The van der Waals surface area contributed by atoms with Crippen LogP contribution in [0.25, 0.3) is 44.6 Å². The van der Waals surface area contributed by atoms with Crippen molar-refractivity contribution in [3.63, 3.8) is 0 Å². The Bertz CT molecular complexity index is 1450. The van der Waals surface area contributed by atoms with Gasteiger partial charge >= 0.3 is 5.97 Å². The third kappa shape index (κ3) is 2.95. The second-order valence-electron chi connectivity index (χ2n) is 7.62. The Labute approximate surface area is 168 Å². The number of allylic oxidation sites excluding steroid dienone is 1. The summed E-state index contributed by atoms with van der Waals surface area (Å²) in [5.41, 5.74) is 0.583. The molecule has 4 aromatic rings. The predicted octanol–water partition coefficient (Wildman–Crippen LogP) is 4.35. The van der Waals surface area contributed by atoms with Crippen molar-refractivity contribution in [1.29, 1.82) is 0 Å². The molecule has 0 saturated carbocycles. The van der Waals surface area contributed by atoms with Crippen LogP contribution in [0.15, 0.2) is 66.9 Å². The lowest BCUT2D eigenvalue weighted by Crippen LogP contribution is -2.25. The van der Waals surface area contributed by atoms with E-state index in [1.54, 1.807) is 0 Å². The molecular formula is C26H21NO2. The summed E-state index contributed by atoms with van der Waals surface area (Å²) in [6.45, 7) is 3.73. The third-order valence-corrected chi connectivity index (χ3v) is 5.36. The second kappa shape index (κ2) is 6.78. The minimum Gasteiger partial charge on any atom is -0.459 e. The van der Waals surface area contributed by atoms with Gasteiger partial charge in [0.15, 0.2) is 0 Å². The van der Waals surface area contributed by atoms with E-state index in [0.717, 1.165) is 16.2 Å². The highest BCUT2D eigenvalue weighted by Gasteiger charge is 2.12. The van der Waals surface area contributed by atoms with Gasteiger partial charge in [-0.05, 0) is 74.8 Å². The number of fused-ring (bicyclic) bond motifs is 7. The maximum atomic E-state index is 12.4. The van der Waals surface area contributed by atoms with Crippen LogP contribution in [0, 0.1) is 0 Å². The average Bonchev–Trinajstić information content (AvgIpc) is 2.98. The van der Waals surface area contributed by atoms with Gasteiger partial charge in [-0.3, -0.25) is 0 Å². The molecule has 3 heteroatoms. The molecule has 1 aliphatic rings. The largest absolute Gasteiger partial charge is 0.459 e. The van der Waals surface area contributed by atoms with E-state index in [1.807, 2.05) is 50.5 Å². The van der Waals surface area contributed by atoms with Gasteiger partial charge in [-0.2, -0.15) is 0 Å². The molecule has 0 fully saturated rings. The fourth-order valence-corrected chi connectivity index (χ4v) is 4.05. The van der Waals surface area contributed by atoms with Gasteiger partial charge in [0.2, 0.25) is 0 Å². The Hall–Kier alpha value is -3.59. The summed E-state index contributed by atoms with van der Waals surface area (Å²) in [7, 11) is 0. The van der Waals surface area contributed by atoms with Crippen LogP contribution in [0.2, 0.25) is 0 Å². The van der Waals surface area contributed by atoms with Crippen LogP contribution in [0.5, 0.6) is 0 Å². The third-order valence-electron chi connectivity index (χ3n) is 5.36. The first-order valence-corrected chi connectivity index (χ1v) is 9.84. The Morgan fingerprint density at radius 2 is 1.55 bits per heavy atom. The maximum absolute atomic E-state index is 12.4. The maximum Gasteiger partial charge on any atom is 0.338 e. The fraction of sp³-hybridized carbons (Fsp3) is 0.115. The van der Waals surface area contributed by atoms with Gasteiger partial charge in [-0.1, -0.05) is 48.5 Å². The summed E-state index contributed by atoms with van der Waals surface area (Å²) in [6, 6.07) is 18.7. The number of esters is 1. The van der Waals surface area contributed by atoms with E-state index in [1.165, 1.54) is 26.6 Å². The zero-order valence-electron chi connectivity index (χ0n) is 16.4. The van der Waals surface area contributed by atoms with Crippen molar-refractivity contribution in [3.8, 4) is 0 Å². The van der Waals surface area contributed by atoms with Crippen molar-refractivity contribution in [2.75, 3.05) is 0 Å². The molecule has 0 saturated heterocycles. The molecule has 0 amide bonds. The smallest absolute Gasteiger partial charge is 0.338 e. The molecule has 0 radical (unpaired) electrons. The van der Waals surface area contributed by atoms with Crippen LogP contribution in [-0.2, 0) is 4.74 Å². The van der Waals surface area contributed by atoms with E-state index < -0.39 is 0 Å². The van der Waals surface area contributed by atoms with Crippen LogP contribution < -0.4 is 15.8 Å². The lowest BCUT2D eigenvalue weighted by atomic mass is 9.95. The summed E-state index contributed by atoms with van der Waals surface area (Å²) in [6.07, 6.45) is 7.98. The minimum absolute atomic E-state index is 0.137. The molecule has 1 heterocycles. The summed E-state index contributed by atoms with van der Waals surface area (Å²) in [5.74, 6) is -0.283. The van der Waals surface area contributed by atoms with E-state index in [4.69, 9.17) is 4.74 Å². The second-order valence-corrected chi connectivity index (χ2v) is 7.62. The van der Waals surface area contributed by atoms with Gasteiger partial charge in [0.05, 0.1) is 11.7 Å². The van der Waals surface area contributed by atoms with Crippen LogP contribution in [0.1, 0.15) is 24.2 Å². The Kier molecular flexibility index (Phi) is 4.09. The zero-order valence-corrected chi connectivity index (χ0v) is 16.4. The summed E-state index contributed by atoms with van der Waals surface area (Å²) in [4.78, 5) is 12.4. The van der Waals surface area contributed by atoms with Crippen LogP contribution in [-0.4, -0.2) is 12.1 Å². The summed E-state index contributed by atoms with van der Waals surface area (Å²) >= 11 is 0. The van der Waals surface area contributed by atoms with E-state index in [0.29, 0.717) is 5.56 Å². The van der Waals surface area contributed by atoms with Crippen molar-refractivity contribution < 1.29 is 9.53 Å². The number of rotatable bonds is 2. The fourth-order valence-electron chi connectivity index (χ4n) is 4.05. The molecule has 0 aromatic heterocycles. The van der Waals surface area contributed by atoms with Crippen molar-refractivity contribution in [2.24, 2.45) is 0 Å². The molecule has 1 N–H and O–H groups in total. The van der Waals surface area contributed by atoms with E-state index in [2.05, 4.69) is 47.8 Å². The first kappa shape index (κ1) is 17.5. The number of hydrogen-bond donors (Lipinski definition) is 1. The van der Waals surface area contributed by atoms with Gasteiger partial charge in [0.1, 0.15) is 0 Å². The Balaban J connectivity index is 1.80. The highest BCUT2D eigenvalue weighted by molar-refractivity contribution is 6.18. The van der Waals surface area contributed by atoms with Crippen molar-refractivity contribution in [2.45, 2.75) is 20.0 Å². The number of benzene rings is 4. The molecule has 0 bridgehead atoms. The van der Waals surface area contributed by atoms with Crippen molar-refractivity contribution >= 4 is 50.6 Å².